The van der Waals surface area contributed by atoms with E-state index in [-0.39, 0.29) is 5.91 Å². The van der Waals surface area contributed by atoms with Crippen molar-refractivity contribution < 1.29 is 9.53 Å². The summed E-state index contributed by atoms with van der Waals surface area (Å²) in [5.74, 6) is -0.120. The lowest BCUT2D eigenvalue weighted by Crippen LogP contribution is -2.41. The summed E-state index contributed by atoms with van der Waals surface area (Å²) in [4.78, 5) is 14.8. The van der Waals surface area contributed by atoms with Crippen LogP contribution in [-0.2, 0) is 11.2 Å². The zero-order valence-corrected chi connectivity index (χ0v) is 17.1. The van der Waals surface area contributed by atoms with E-state index in [2.05, 4.69) is 47.5 Å². The largest absolute Gasteiger partial charge is 0.378 e. The fourth-order valence-corrected chi connectivity index (χ4v) is 4.13. The topological polar surface area (TPSA) is 72.6 Å². The summed E-state index contributed by atoms with van der Waals surface area (Å²) in [6.45, 7) is 6.20. The summed E-state index contributed by atoms with van der Waals surface area (Å²) < 4.78 is 7.13. The maximum absolute atomic E-state index is 13.0. The van der Waals surface area contributed by atoms with E-state index in [0.29, 0.717) is 43.3 Å². The van der Waals surface area contributed by atoms with Crippen LogP contribution < -0.4 is 0 Å². The second kappa shape index (κ2) is 7.50. The van der Waals surface area contributed by atoms with Gasteiger partial charge in [0, 0.05) is 13.1 Å². The normalized spacial score (nSPS) is 14.5. The lowest BCUT2D eigenvalue weighted by Gasteiger charge is -2.26. The molecule has 7 heteroatoms. The van der Waals surface area contributed by atoms with Crippen molar-refractivity contribution in [3.8, 4) is 11.1 Å². The number of nitrogens with zero attached hydrogens (tertiary/aromatic N) is 5. The summed E-state index contributed by atoms with van der Waals surface area (Å²) >= 11 is 0. The number of aryl methyl sites for hydroxylation is 2. The van der Waals surface area contributed by atoms with Crippen LogP contribution in [0.1, 0.15) is 28.8 Å². The van der Waals surface area contributed by atoms with E-state index in [1.165, 1.54) is 5.39 Å². The van der Waals surface area contributed by atoms with Gasteiger partial charge in [-0.3, -0.25) is 4.79 Å². The van der Waals surface area contributed by atoms with Gasteiger partial charge in [-0.15, -0.1) is 10.2 Å². The molecule has 152 valence electrons. The van der Waals surface area contributed by atoms with Crippen molar-refractivity contribution in [1.82, 2.24) is 24.7 Å². The monoisotopic (exact) mass is 401 g/mol. The van der Waals surface area contributed by atoms with Gasteiger partial charge in [0.1, 0.15) is 0 Å². The Hall–Kier alpha value is -3.32. The van der Waals surface area contributed by atoms with Gasteiger partial charge >= 0.3 is 0 Å². The van der Waals surface area contributed by atoms with Gasteiger partial charge in [0.25, 0.3) is 5.91 Å². The van der Waals surface area contributed by atoms with Gasteiger partial charge in [-0.05, 0) is 29.7 Å². The van der Waals surface area contributed by atoms with Crippen molar-refractivity contribution in [1.29, 1.82) is 0 Å². The Morgan fingerprint density at radius 3 is 2.63 bits per heavy atom. The lowest BCUT2D eigenvalue weighted by molar-refractivity contribution is 0.0297. The first-order valence-electron chi connectivity index (χ1n) is 10.3. The minimum Gasteiger partial charge on any atom is -0.378 e. The predicted octanol–water partition coefficient (Wildman–Crippen LogP) is 3.29. The van der Waals surface area contributed by atoms with Crippen LogP contribution in [0, 0.1) is 6.92 Å². The number of hydrogen-bond donors (Lipinski definition) is 0. The Labute approximate surface area is 174 Å². The molecule has 5 rings (SSSR count). The highest BCUT2D eigenvalue weighted by Gasteiger charge is 2.25. The van der Waals surface area contributed by atoms with E-state index < -0.39 is 0 Å². The van der Waals surface area contributed by atoms with Crippen LogP contribution in [0.4, 0.5) is 0 Å². The van der Waals surface area contributed by atoms with Crippen LogP contribution in [0.2, 0.25) is 0 Å². The van der Waals surface area contributed by atoms with Crippen molar-refractivity contribution >= 4 is 22.3 Å². The molecule has 3 heterocycles. The van der Waals surface area contributed by atoms with Crippen LogP contribution >= 0.6 is 0 Å². The number of benzene rings is 2. The summed E-state index contributed by atoms with van der Waals surface area (Å²) in [7, 11) is 0. The van der Waals surface area contributed by atoms with Crippen LogP contribution in [0.5, 0.6) is 0 Å². The SMILES string of the molecule is CCc1nn2c(C)c(C(=O)N3CCOCC3)nnc2c1-c1cccc2ccccc12. The summed E-state index contributed by atoms with van der Waals surface area (Å²) in [6, 6.07) is 14.6. The molecule has 0 bridgehead atoms. The van der Waals surface area contributed by atoms with Crippen molar-refractivity contribution in [2.24, 2.45) is 0 Å². The van der Waals surface area contributed by atoms with Gasteiger partial charge < -0.3 is 9.64 Å². The second-order valence-electron chi connectivity index (χ2n) is 7.48. The number of aromatic nitrogens is 4. The van der Waals surface area contributed by atoms with E-state index in [1.807, 2.05) is 19.1 Å². The van der Waals surface area contributed by atoms with Crippen molar-refractivity contribution in [2.75, 3.05) is 26.3 Å². The molecular formula is C23H23N5O2. The van der Waals surface area contributed by atoms with E-state index in [9.17, 15) is 4.79 Å². The number of ether oxygens (including phenoxy) is 1. The molecule has 0 N–H and O–H groups in total. The smallest absolute Gasteiger partial charge is 0.276 e. The number of amides is 1. The Bertz CT molecular complexity index is 1250. The minimum atomic E-state index is -0.120. The molecule has 0 atom stereocenters. The Morgan fingerprint density at radius 1 is 1.07 bits per heavy atom. The van der Waals surface area contributed by atoms with Gasteiger partial charge in [0.2, 0.25) is 0 Å². The molecule has 1 saturated heterocycles. The molecule has 0 aliphatic carbocycles. The Kier molecular flexibility index (Phi) is 4.67. The van der Waals surface area contributed by atoms with Gasteiger partial charge in [0.05, 0.1) is 30.2 Å². The molecule has 1 amide bonds. The molecule has 7 nitrogen and oxygen atoms in total. The molecule has 0 unspecified atom stereocenters. The molecule has 1 fully saturated rings. The molecule has 2 aromatic carbocycles. The second-order valence-corrected chi connectivity index (χ2v) is 7.48. The average Bonchev–Trinajstić information content (AvgIpc) is 3.18. The van der Waals surface area contributed by atoms with E-state index in [0.717, 1.165) is 28.6 Å². The molecule has 0 saturated carbocycles. The zero-order valence-electron chi connectivity index (χ0n) is 17.1. The summed E-state index contributed by atoms with van der Waals surface area (Å²) in [5, 5.41) is 16.0. The van der Waals surface area contributed by atoms with E-state index >= 15 is 0 Å². The summed E-state index contributed by atoms with van der Waals surface area (Å²) in [5.41, 5.74) is 4.74. The lowest BCUT2D eigenvalue weighted by atomic mass is 9.97. The minimum absolute atomic E-state index is 0.120. The highest BCUT2D eigenvalue weighted by atomic mass is 16.5. The maximum atomic E-state index is 13.0. The third-order valence-electron chi connectivity index (χ3n) is 5.73. The number of carbonyl (C=O) groups is 1. The van der Waals surface area contributed by atoms with Crippen molar-refractivity contribution in [3.63, 3.8) is 0 Å². The molecule has 0 radical (unpaired) electrons. The number of rotatable bonds is 3. The molecule has 2 aromatic heterocycles. The highest BCUT2D eigenvalue weighted by molar-refractivity contribution is 6.00. The van der Waals surface area contributed by atoms with Crippen molar-refractivity contribution in [2.45, 2.75) is 20.3 Å². The Balaban J connectivity index is 1.69. The van der Waals surface area contributed by atoms with Crippen LogP contribution in [0.15, 0.2) is 42.5 Å². The average molecular weight is 401 g/mol. The standard InChI is InChI=1S/C23H23N5O2/c1-3-19-20(18-10-6-8-16-7-4-5-9-17(16)18)22-25-24-21(15(2)28(22)26-19)23(29)27-11-13-30-14-12-27/h4-10H,3,11-14H2,1-2H3. The van der Waals surface area contributed by atoms with Crippen molar-refractivity contribution in [3.05, 3.63) is 59.5 Å². The fourth-order valence-electron chi connectivity index (χ4n) is 4.13. The van der Waals surface area contributed by atoms with Crippen LogP contribution in [-0.4, -0.2) is 56.9 Å². The molecule has 0 spiro atoms. The maximum Gasteiger partial charge on any atom is 0.276 e. The fraction of sp³-hybridized carbons (Fsp3) is 0.304. The Morgan fingerprint density at radius 2 is 1.83 bits per heavy atom. The van der Waals surface area contributed by atoms with Gasteiger partial charge in [0.15, 0.2) is 11.3 Å². The first-order chi connectivity index (χ1) is 14.7. The molecular weight excluding hydrogens is 378 g/mol. The van der Waals surface area contributed by atoms with E-state index in [1.54, 1.807) is 9.42 Å². The van der Waals surface area contributed by atoms with Crippen LogP contribution in [0.25, 0.3) is 27.5 Å². The van der Waals surface area contributed by atoms with Gasteiger partial charge in [-0.2, -0.15) is 5.10 Å². The summed E-state index contributed by atoms with van der Waals surface area (Å²) in [6.07, 6.45) is 0.758. The predicted molar refractivity (Wildman–Crippen MR) is 115 cm³/mol. The molecule has 30 heavy (non-hydrogen) atoms. The first kappa shape index (κ1) is 18.7. The number of fused-ring (bicyclic) bond motifs is 2. The number of carbonyl (C=O) groups excluding carboxylic acids is 1. The zero-order chi connectivity index (χ0) is 20.7. The van der Waals surface area contributed by atoms with Gasteiger partial charge in [-0.1, -0.05) is 49.4 Å². The molecule has 1 aliphatic heterocycles. The van der Waals surface area contributed by atoms with Crippen LogP contribution in [0.3, 0.4) is 0 Å². The quantitative estimate of drug-likeness (QED) is 0.527. The third kappa shape index (κ3) is 2.93. The first-order valence-corrected chi connectivity index (χ1v) is 10.3. The molecule has 1 aliphatic rings. The highest BCUT2D eigenvalue weighted by Crippen LogP contribution is 2.34. The number of hydrogen-bond acceptors (Lipinski definition) is 5. The number of morpholine rings is 1. The third-order valence-corrected chi connectivity index (χ3v) is 5.73. The van der Waals surface area contributed by atoms with E-state index in [4.69, 9.17) is 9.84 Å². The van der Waals surface area contributed by atoms with Gasteiger partial charge in [-0.25, -0.2) is 4.52 Å². The molecule has 4 aromatic rings.